The molecule has 0 fully saturated rings. The smallest absolute Gasteiger partial charge is 0.240 e. The van der Waals surface area contributed by atoms with Crippen molar-refractivity contribution in [1.29, 1.82) is 0 Å². The minimum atomic E-state index is -3.63. The Morgan fingerprint density at radius 1 is 1.43 bits per heavy atom. The molecule has 0 aliphatic carbocycles. The third kappa shape index (κ3) is 5.68. The minimum absolute atomic E-state index is 0.0574. The van der Waals surface area contributed by atoms with E-state index in [1.807, 2.05) is 13.8 Å². The Kier molecular flexibility index (Phi) is 6.57. The number of sulfonamides is 1. The molecule has 0 spiro atoms. The second-order valence-corrected chi connectivity index (χ2v) is 6.42. The monoisotopic (exact) mass is 314 g/mol. The van der Waals surface area contributed by atoms with Crippen molar-refractivity contribution in [2.75, 3.05) is 18.9 Å². The Morgan fingerprint density at radius 3 is 2.76 bits per heavy atom. The number of nitrogens with zero attached hydrogens (tertiary/aromatic N) is 1. The zero-order valence-electron chi connectivity index (χ0n) is 12.5. The number of hydrogen-bond donors (Lipinski definition) is 3. The lowest BCUT2D eigenvalue weighted by Gasteiger charge is -2.12. The fourth-order valence-electron chi connectivity index (χ4n) is 1.55. The number of carbonyl (C=O) groups excluding carboxylic acids is 1. The highest BCUT2D eigenvalue weighted by molar-refractivity contribution is 7.89. The van der Waals surface area contributed by atoms with Crippen molar-refractivity contribution in [3.05, 3.63) is 18.3 Å². The van der Waals surface area contributed by atoms with Crippen LogP contribution in [0, 0.1) is 0 Å². The van der Waals surface area contributed by atoms with Gasteiger partial charge in [0.15, 0.2) is 0 Å². The maximum atomic E-state index is 12.1. The van der Waals surface area contributed by atoms with Crippen molar-refractivity contribution in [1.82, 2.24) is 15.0 Å². The Labute approximate surface area is 125 Å². The van der Waals surface area contributed by atoms with Crippen LogP contribution in [0.3, 0.4) is 0 Å². The van der Waals surface area contributed by atoms with Crippen molar-refractivity contribution in [3.63, 3.8) is 0 Å². The van der Waals surface area contributed by atoms with E-state index in [2.05, 4.69) is 20.3 Å². The van der Waals surface area contributed by atoms with Crippen molar-refractivity contribution in [2.45, 2.75) is 37.6 Å². The number of rotatable bonds is 8. The molecule has 3 N–H and O–H groups in total. The van der Waals surface area contributed by atoms with Gasteiger partial charge in [-0.05, 0) is 19.4 Å². The molecular formula is C13H22N4O3S. The maximum absolute atomic E-state index is 12.1. The molecule has 1 aromatic rings. The van der Waals surface area contributed by atoms with Crippen molar-refractivity contribution in [3.8, 4) is 0 Å². The van der Waals surface area contributed by atoms with Crippen LogP contribution >= 0.6 is 0 Å². The zero-order valence-corrected chi connectivity index (χ0v) is 13.3. The normalized spacial score (nSPS) is 12.7. The van der Waals surface area contributed by atoms with Crippen LogP contribution in [0.15, 0.2) is 23.2 Å². The molecule has 21 heavy (non-hydrogen) atoms. The van der Waals surface area contributed by atoms with Gasteiger partial charge in [-0.3, -0.25) is 4.79 Å². The average molecular weight is 314 g/mol. The Bertz CT molecular complexity index is 575. The molecule has 0 bridgehead atoms. The molecular weight excluding hydrogens is 292 g/mol. The van der Waals surface area contributed by atoms with Crippen LogP contribution in [0.1, 0.15) is 26.7 Å². The van der Waals surface area contributed by atoms with Gasteiger partial charge in [0.05, 0.1) is 4.90 Å². The van der Waals surface area contributed by atoms with Gasteiger partial charge in [-0.1, -0.05) is 6.92 Å². The summed E-state index contributed by atoms with van der Waals surface area (Å²) in [6, 6.07) is 2.93. The number of hydrogen-bond acceptors (Lipinski definition) is 5. The van der Waals surface area contributed by atoms with Gasteiger partial charge in [0.2, 0.25) is 15.9 Å². The molecule has 118 valence electrons. The van der Waals surface area contributed by atoms with Gasteiger partial charge in [-0.25, -0.2) is 18.1 Å². The molecule has 1 heterocycles. The summed E-state index contributed by atoms with van der Waals surface area (Å²) in [5, 5.41) is 5.55. The van der Waals surface area contributed by atoms with Crippen LogP contribution in [0.2, 0.25) is 0 Å². The van der Waals surface area contributed by atoms with E-state index < -0.39 is 10.0 Å². The van der Waals surface area contributed by atoms with Crippen LogP contribution < -0.4 is 15.4 Å². The van der Waals surface area contributed by atoms with Crippen LogP contribution in [0.4, 0.5) is 5.82 Å². The molecule has 0 radical (unpaired) electrons. The third-order valence-corrected chi connectivity index (χ3v) is 4.42. The first kappa shape index (κ1) is 17.4. The van der Waals surface area contributed by atoms with Gasteiger partial charge >= 0.3 is 0 Å². The number of amides is 1. The molecule has 0 saturated heterocycles. The average Bonchev–Trinajstić information content (AvgIpc) is 2.46. The van der Waals surface area contributed by atoms with Crippen LogP contribution in [-0.4, -0.2) is 38.9 Å². The van der Waals surface area contributed by atoms with Gasteiger partial charge < -0.3 is 10.6 Å². The molecule has 1 atom stereocenters. The van der Waals surface area contributed by atoms with E-state index in [0.29, 0.717) is 5.82 Å². The van der Waals surface area contributed by atoms with E-state index >= 15 is 0 Å². The van der Waals surface area contributed by atoms with Crippen LogP contribution in [0.25, 0.3) is 0 Å². The number of aromatic nitrogens is 1. The molecule has 0 aromatic carbocycles. The summed E-state index contributed by atoms with van der Waals surface area (Å²) < 4.78 is 26.5. The summed E-state index contributed by atoms with van der Waals surface area (Å²) in [7, 11) is -1.97. The number of anilines is 1. The summed E-state index contributed by atoms with van der Waals surface area (Å²) >= 11 is 0. The van der Waals surface area contributed by atoms with Gasteiger partial charge in [-0.2, -0.15) is 0 Å². The van der Waals surface area contributed by atoms with E-state index in [0.717, 1.165) is 6.42 Å². The molecule has 0 aliphatic heterocycles. The second-order valence-electron chi connectivity index (χ2n) is 4.65. The summed E-state index contributed by atoms with van der Waals surface area (Å²) in [4.78, 5) is 15.6. The molecule has 1 amide bonds. The molecule has 1 unspecified atom stereocenters. The summed E-state index contributed by atoms with van der Waals surface area (Å²) in [6.45, 7) is 3.93. The van der Waals surface area contributed by atoms with E-state index in [9.17, 15) is 13.2 Å². The fraction of sp³-hybridized carbons (Fsp3) is 0.538. The van der Waals surface area contributed by atoms with Crippen molar-refractivity contribution in [2.24, 2.45) is 0 Å². The Balaban J connectivity index is 2.55. The molecule has 7 nitrogen and oxygen atoms in total. The summed E-state index contributed by atoms with van der Waals surface area (Å²) in [5.74, 6) is 0.296. The van der Waals surface area contributed by atoms with Crippen molar-refractivity contribution >= 4 is 21.7 Å². The maximum Gasteiger partial charge on any atom is 0.240 e. The van der Waals surface area contributed by atoms with Gasteiger partial charge in [-0.15, -0.1) is 0 Å². The Hall–Kier alpha value is -1.67. The molecule has 0 saturated carbocycles. The van der Waals surface area contributed by atoms with E-state index in [4.69, 9.17) is 0 Å². The molecule has 1 rings (SSSR count). The van der Waals surface area contributed by atoms with E-state index in [1.165, 1.54) is 18.3 Å². The lowest BCUT2D eigenvalue weighted by atomic mass is 10.2. The number of nitrogens with one attached hydrogen (secondary N) is 3. The predicted molar refractivity (Wildman–Crippen MR) is 81.5 cm³/mol. The van der Waals surface area contributed by atoms with E-state index in [-0.39, 0.29) is 29.8 Å². The fourth-order valence-corrected chi connectivity index (χ4v) is 2.59. The highest BCUT2D eigenvalue weighted by atomic mass is 32.2. The van der Waals surface area contributed by atoms with E-state index in [1.54, 1.807) is 7.05 Å². The van der Waals surface area contributed by atoms with Crippen molar-refractivity contribution < 1.29 is 13.2 Å². The quantitative estimate of drug-likeness (QED) is 0.656. The first-order valence-electron chi connectivity index (χ1n) is 6.82. The molecule has 8 heteroatoms. The highest BCUT2D eigenvalue weighted by Crippen LogP contribution is 2.11. The molecule has 0 aliphatic rings. The summed E-state index contributed by atoms with van der Waals surface area (Å²) in [5.41, 5.74) is 0. The highest BCUT2D eigenvalue weighted by Gasteiger charge is 2.15. The van der Waals surface area contributed by atoms with Gasteiger partial charge in [0.1, 0.15) is 5.82 Å². The van der Waals surface area contributed by atoms with Crippen LogP contribution in [0.5, 0.6) is 0 Å². The second kappa shape index (κ2) is 7.94. The topological polar surface area (TPSA) is 100 Å². The largest absolute Gasteiger partial charge is 0.373 e. The van der Waals surface area contributed by atoms with Gasteiger partial charge in [0.25, 0.3) is 0 Å². The molecule has 1 aromatic heterocycles. The minimum Gasteiger partial charge on any atom is -0.373 e. The van der Waals surface area contributed by atoms with Crippen LogP contribution in [-0.2, 0) is 14.8 Å². The summed E-state index contributed by atoms with van der Waals surface area (Å²) in [6.07, 6.45) is 2.35. The lowest BCUT2D eigenvalue weighted by molar-refractivity contribution is -0.121. The predicted octanol–water partition coefficient (Wildman–Crippen LogP) is 0.706. The first-order valence-corrected chi connectivity index (χ1v) is 8.30. The SMILES string of the molecule is CCC(C)NC(=O)CCNS(=O)(=O)c1ccnc(NC)c1. The third-order valence-electron chi connectivity index (χ3n) is 2.96. The number of carbonyl (C=O) groups is 1. The van der Waals surface area contributed by atoms with Gasteiger partial charge in [0, 0.05) is 38.3 Å². The zero-order chi connectivity index (χ0) is 15.9. The first-order chi connectivity index (χ1) is 9.89. The lowest BCUT2D eigenvalue weighted by Crippen LogP contribution is -2.35. The Morgan fingerprint density at radius 2 is 2.14 bits per heavy atom. The number of pyridine rings is 1. The standard InChI is InChI=1S/C13H22N4O3S/c1-4-10(2)17-13(18)6-8-16-21(19,20)11-5-7-15-12(9-11)14-3/h5,7,9-10,16H,4,6,8H2,1-3H3,(H,14,15)(H,17,18).